The monoisotopic (exact) mass is 230 g/mol. The average Bonchev–Trinajstić information content (AvgIpc) is 2.17. The van der Waals surface area contributed by atoms with E-state index in [9.17, 15) is 10.1 Å². The van der Waals surface area contributed by atoms with Gasteiger partial charge in [-0.1, -0.05) is 11.6 Å². The third-order valence-corrected chi connectivity index (χ3v) is 2.44. The lowest BCUT2D eigenvalue weighted by atomic mass is 9.98. The van der Waals surface area contributed by atoms with Crippen LogP contribution in [0.15, 0.2) is 18.2 Å². The number of nitrogens with two attached hydrogens (primary N) is 1. The maximum absolute atomic E-state index is 10.5. The third kappa shape index (κ3) is 2.44. The number of benzene rings is 1. The van der Waals surface area contributed by atoms with Crippen molar-refractivity contribution in [3.63, 3.8) is 0 Å². The summed E-state index contributed by atoms with van der Waals surface area (Å²) in [5.74, 6) is 5.11. The van der Waals surface area contributed by atoms with Gasteiger partial charge in [0.15, 0.2) is 0 Å². The van der Waals surface area contributed by atoms with Gasteiger partial charge in [0.25, 0.3) is 5.69 Å². The number of halogens is 1. The summed E-state index contributed by atoms with van der Waals surface area (Å²) in [6.07, 6.45) is 0. The van der Waals surface area contributed by atoms with Crippen LogP contribution in [0.5, 0.6) is 0 Å². The van der Waals surface area contributed by atoms with E-state index >= 15 is 0 Å². The zero-order chi connectivity index (χ0) is 11.6. The minimum Gasteiger partial charge on any atom is -0.294 e. The van der Waals surface area contributed by atoms with Crippen molar-refractivity contribution >= 4 is 17.3 Å². The van der Waals surface area contributed by atoms with Crippen LogP contribution < -0.4 is 5.90 Å². The Balaban J connectivity index is 3.18. The van der Waals surface area contributed by atoms with Crippen molar-refractivity contribution in [1.82, 2.24) is 0 Å². The molecule has 1 rings (SSSR count). The van der Waals surface area contributed by atoms with Crippen LogP contribution in [0.25, 0.3) is 0 Å². The van der Waals surface area contributed by atoms with E-state index in [0.29, 0.717) is 5.56 Å². The summed E-state index contributed by atoms with van der Waals surface area (Å²) in [6, 6.07) is 4.38. The minimum absolute atomic E-state index is 0.0719. The molecule has 6 heteroatoms. The number of nitro groups is 1. The Morgan fingerprint density at radius 3 is 2.53 bits per heavy atom. The highest BCUT2D eigenvalue weighted by Gasteiger charge is 2.23. The molecule has 0 unspecified atom stereocenters. The number of hydrogen-bond acceptors (Lipinski definition) is 4. The first kappa shape index (κ1) is 11.9. The molecule has 0 aliphatic rings. The zero-order valence-electron chi connectivity index (χ0n) is 8.36. The van der Waals surface area contributed by atoms with Crippen LogP contribution in [0.1, 0.15) is 19.4 Å². The second-order valence-corrected chi connectivity index (χ2v) is 3.96. The highest BCUT2D eigenvalue weighted by atomic mass is 35.5. The topological polar surface area (TPSA) is 78.4 Å². The standard InChI is InChI=1S/C9H11ClN2O3/c1-9(2,15-11)6-3-4-8(12(13)14)7(10)5-6/h3-5H,11H2,1-2H3. The Morgan fingerprint density at radius 2 is 2.13 bits per heavy atom. The predicted molar refractivity (Wildman–Crippen MR) is 56.4 cm³/mol. The summed E-state index contributed by atoms with van der Waals surface area (Å²) in [7, 11) is 0. The van der Waals surface area contributed by atoms with Crippen LogP contribution in [0, 0.1) is 10.1 Å². The number of hydrogen-bond donors (Lipinski definition) is 1. The van der Waals surface area contributed by atoms with Gasteiger partial charge < -0.3 is 0 Å². The third-order valence-electron chi connectivity index (χ3n) is 2.13. The Kier molecular flexibility index (Phi) is 3.28. The predicted octanol–water partition coefficient (Wildman–Crippen LogP) is 2.37. The summed E-state index contributed by atoms with van der Waals surface area (Å²) in [5, 5.41) is 10.6. The average molecular weight is 231 g/mol. The van der Waals surface area contributed by atoms with E-state index in [1.165, 1.54) is 12.1 Å². The van der Waals surface area contributed by atoms with Gasteiger partial charge in [0, 0.05) is 6.07 Å². The van der Waals surface area contributed by atoms with Crippen molar-refractivity contribution in [3.8, 4) is 0 Å². The second-order valence-electron chi connectivity index (χ2n) is 3.55. The van der Waals surface area contributed by atoms with E-state index in [0.717, 1.165) is 0 Å². The summed E-state index contributed by atoms with van der Waals surface area (Å²) < 4.78 is 0. The minimum atomic E-state index is -0.723. The van der Waals surface area contributed by atoms with Crippen molar-refractivity contribution in [2.75, 3.05) is 0 Å². The van der Waals surface area contributed by atoms with E-state index in [1.807, 2.05) is 0 Å². The van der Waals surface area contributed by atoms with Crippen LogP contribution in [-0.4, -0.2) is 4.92 Å². The maximum atomic E-state index is 10.5. The maximum Gasteiger partial charge on any atom is 0.287 e. The molecule has 0 amide bonds. The van der Waals surface area contributed by atoms with Gasteiger partial charge in [-0.25, -0.2) is 5.90 Å². The highest BCUT2D eigenvalue weighted by molar-refractivity contribution is 6.32. The molecule has 0 aliphatic carbocycles. The molecule has 0 saturated carbocycles. The molecular formula is C9H11ClN2O3. The fourth-order valence-electron chi connectivity index (χ4n) is 1.10. The SMILES string of the molecule is CC(C)(ON)c1ccc([N+](=O)[O-])c(Cl)c1. The molecule has 0 saturated heterocycles. The Bertz CT molecular complexity index is 393. The van der Waals surface area contributed by atoms with Crippen LogP contribution in [-0.2, 0) is 10.4 Å². The number of nitrogens with zero attached hydrogens (tertiary/aromatic N) is 1. The molecule has 82 valence electrons. The van der Waals surface area contributed by atoms with E-state index in [2.05, 4.69) is 0 Å². The highest BCUT2D eigenvalue weighted by Crippen LogP contribution is 2.30. The smallest absolute Gasteiger partial charge is 0.287 e. The van der Waals surface area contributed by atoms with Crippen LogP contribution in [0.4, 0.5) is 5.69 Å². The quantitative estimate of drug-likeness (QED) is 0.639. The Hall–Kier alpha value is -1.17. The molecular weight excluding hydrogens is 220 g/mol. The summed E-state index contributed by atoms with van der Waals surface area (Å²) in [5.41, 5.74) is -0.174. The molecule has 0 atom stereocenters. The molecule has 0 heterocycles. The molecule has 0 radical (unpaired) electrons. The fraction of sp³-hybridized carbons (Fsp3) is 0.333. The van der Waals surface area contributed by atoms with E-state index in [4.69, 9.17) is 22.3 Å². The Morgan fingerprint density at radius 1 is 1.53 bits per heavy atom. The summed E-state index contributed by atoms with van der Waals surface area (Å²) in [6.45, 7) is 3.48. The second kappa shape index (κ2) is 4.14. The van der Waals surface area contributed by atoms with Crippen LogP contribution >= 0.6 is 11.6 Å². The summed E-state index contributed by atoms with van der Waals surface area (Å²) >= 11 is 5.75. The molecule has 15 heavy (non-hydrogen) atoms. The first-order valence-corrected chi connectivity index (χ1v) is 4.58. The van der Waals surface area contributed by atoms with Gasteiger partial charge in [-0.05, 0) is 31.5 Å². The molecule has 0 aromatic heterocycles. The first-order valence-electron chi connectivity index (χ1n) is 4.21. The zero-order valence-corrected chi connectivity index (χ0v) is 9.12. The molecule has 0 fully saturated rings. The van der Waals surface area contributed by atoms with Gasteiger partial charge in [0.1, 0.15) is 10.6 Å². The van der Waals surface area contributed by atoms with Crippen molar-refractivity contribution in [2.24, 2.45) is 5.90 Å². The normalized spacial score (nSPS) is 11.5. The van der Waals surface area contributed by atoms with Gasteiger partial charge >= 0.3 is 0 Å². The van der Waals surface area contributed by atoms with Gasteiger partial charge in [0.2, 0.25) is 0 Å². The Labute approximate surface area is 91.9 Å². The fourth-order valence-corrected chi connectivity index (χ4v) is 1.35. The lowest BCUT2D eigenvalue weighted by Gasteiger charge is -2.22. The van der Waals surface area contributed by atoms with E-state index in [1.54, 1.807) is 19.9 Å². The number of nitro benzene ring substituents is 1. The van der Waals surface area contributed by atoms with Crippen molar-refractivity contribution < 1.29 is 9.76 Å². The summed E-state index contributed by atoms with van der Waals surface area (Å²) in [4.78, 5) is 14.7. The van der Waals surface area contributed by atoms with Crippen LogP contribution in [0.2, 0.25) is 5.02 Å². The largest absolute Gasteiger partial charge is 0.294 e. The lowest BCUT2D eigenvalue weighted by molar-refractivity contribution is -0.384. The van der Waals surface area contributed by atoms with E-state index < -0.39 is 10.5 Å². The van der Waals surface area contributed by atoms with Gasteiger partial charge in [-0.3, -0.25) is 15.0 Å². The van der Waals surface area contributed by atoms with Gasteiger partial charge in [0.05, 0.1) is 4.92 Å². The van der Waals surface area contributed by atoms with Crippen molar-refractivity contribution in [3.05, 3.63) is 38.9 Å². The van der Waals surface area contributed by atoms with Crippen molar-refractivity contribution in [1.29, 1.82) is 0 Å². The van der Waals surface area contributed by atoms with Crippen LogP contribution in [0.3, 0.4) is 0 Å². The van der Waals surface area contributed by atoms with Gasteiger partial charge in [-0.15, -0.1) is 0 Å². The van der Waals surface area contributed by atoms with Gasteiger partial charge in [-0.2, -0.15) is 0 Å². The molecule has 0 bridgehead atoms. The van der Waals surface area contributed by atoms with Crippen molar-refractivity contribution in [2.45, 2.75) is 19.4 Å². The van der Waals surface area contributed by atoms with E-state index in [-0.39, 0.29) is 10.7 Å². The molecule has 2 N–H and O–H groups in total. The number of rotatable bonds is 3. The molecule has 1 aromatic rings. The molecule has 5 nitrogen and oxygen atoms in total. The lowest BCUT2D eigenvalue weighted by Crippen LogP contribution is -2.25. The molecule has 1 aromatic carbocycles. The molecule has 0 aliphatic heterocycles. The first-order chi connectivity index (χ1) is 6.88. The molecule has 0 spiro atoms.